The molecule has 0 atom stereocenters. The van der Waals surface area contributed by atoms with Crippen LogP contribution in [0, 0.1) is 0 Å². The number of benzene rings is 4. The highest BCUT2D eigenvalue weighted by atomic mass is 28.4. The van der Waals surface area contributed by atoms with Crippen molar-refractivity contribution < 1.29 is 23.5 Å². The summed E-state index contributed by atoms with van der Waals surface area (Å²) in [5, 5.41) is 6.19. The van der Waals surface area contributed by atoms with Crippen molar-refractivity contribution in [2.24, 2.45) is 0 Å². The Morgan fingerprint density at radius 3 is 2.14 bits per heavy atom. The van der Waals surface area contributed by atoms with Gasteiger partial charge in [-0.3, -0.25) is 15.0 Å². The highest BCUT2D eigenvalue weighted by Gasteiger charge is 2.37. The fraction of sp³-hybridized carbons (Fsp3) is 0.381. The predicted molar refractivity (Wildman–Crippen MR) is 209 cm³/mol. The quantitative estimate of drug-likeness (QED) is 0.127. The van der Waals surface area contributed by atoms with Gasteiger partial charge in [-0.2, -0.15) is 0 Å². The Labute approximate surface area is 304 Å². The normalized spacial score (nSPS) is 14.1. The number of aryl methyl sites for hydroxylation is 1. The van der Waals surface area contributed by atoms with Crippen LogP contribution in [0.2, 0.25) is 18.1 Å². The molecule has 0 aliphatic carbocycles. The van der Waals surface area contributed by atoms with E-state index in [2.05, 4.69) is 49.4 Å². The van der Waals surface area contributed by atoms with Gasteiger partial charge in [0, 0.05) is 37.3 Å². The molecule has 0 spiro atoms. The monoisotopic (exact) mass is 707 g/mol. The average Bonchev–Trinajstić information content (AvgIpc) is 3.11. The van der Waals surface area contributed by atoms with E-state index in [0.717, 1.165) is 66.2 Å². The van der Waals surface area contributed by atoms with Crippen molar-refractivity contribution in [3.63, 3.8) is 0 Å². The molecule has 0 aromatic heterocycles. The zero-order chi connectivity index (χ0) is 36.3. The number of anilines is 2. The molecule has 0 unspecified atom stereocenters. The lowest BCUT2D eigenvalue weighted by Gasteiger charge is -2.36. The number of ether oxygens (including phenoxy) is 2. The lowest BCUT2D eigenvalue weighted by Crippen LogP contribution is -2.40. The second kappa shape index (κ2) is 17.7. The number of rotatable bonds is 14. The first-order valence-electron chi connectivity index (χ1n) is 18.0. The lowest BCUT2D eigenvalue weighted by molar-refractivity contribution is -0.116. The molecule has 2 amide bonds. The summed E-state index contributed by atoms with van der Waals surface area (Å²) in [7, 11) is -1.84. The van der Waals surface area contributed by atoms with Gasteiger partial charge in [-0.15, -0.1) is 0 Å². The summed E-state index contributed by atoms with van der Waals surface area (Å²) in [4.78, 5) is 28.4. The third kappa shape index (κ3) is 11.5. The molecule has 1 saturated heterocycles. The number of nitrogens with one attached hydrogen (secondary N) is 2. The number of nitrogens with zero attached hydrogens (tertiary/aromatic N) is 1. The van der Waals surface area contributed by atoms with Gasteiger partial charge in [0.05, 0.1) is 12.3 Å². The smallest absolute Gasteiger partial charge is 0.411 e. The van der Waals surface area contributed by atoms with Crippen LogP contribution in [0.3, 0.4) is 0 Å². The Hall–Kier alpha value is -4.44. The Morgan fingerprint density at radius 2 is 1.47 bits per heavy atom. The van der Waals surface area contributed by atoms with Gasteiger partial charge in [-0.05, 0) is 84.4 Å². The van der Waals surface area contributed by atoms with Crippen LogP contribution in [0.15, 0.2) is 103 Å². The van der Waals surface area contributed by atoms with E-state index >= 15 is 0 Å². The van der Waals surface area contributed by atoms with E-state index in [4.69, 9.17) is 13.9 Å². The Bertz CT molecular complexity index is 1700. The number of carbonyl (C=O) groups is 2. The first kappa shape index (κ1) is 37.8. The molecule has 4 aromatic rings. The Morgan fingerprint density at radius 1 is 0.824 bits per heavy atom. The van der Waals surface area contributed by atoms with Crippen molar-refractivity contribution in [1.29, 1.82) is 0 Å². The molecule has 9 heteroatoms. The Balaban J connectivity index is 1.12. The number of carbonyl (C=O) groups excluding carboxylic acids is 2. The number of amides is 2. The average molecular weight is 708 g/mol. The topological polar surface area (TPSA) is 89.1 Å². The first-order chi connectivity index (χ1) is 24.4. The summed E-state index contributed by atoms with van der Waals surface area (Å²) >= 11 is 0. The maximum atomic E-state index is 13.2. The summed E-state index contributed by atoms with van der Waals surface area (Å²) in [6.45, 7) is 14.9. The van der Waals surface area contributed by atoms with E-state index in [1.807, 2.05) is 103 Å². The zero-order valence-electron chi connectivity index (χ0n) is 30.7. The molecule has 5 rings (SSSR count). The van der Waals surface area contributed by atoms with Gasteiger partial charge in [-0.1, -0.05) is 93.6 Å². The van der Waals surface area contributed by atoms with Gasteiger partial charge >= 0.3 is 6.09 Å². The van der Waals surface area contributed by atoms with Crippen molar-refractivity contribution >= 4 is 31.7 Å². The fourth-order valence-electron chi connectivity index (χ4n) is 5.72. The number of para-hydroxylation sites is 1. The molecule has 1 aliphatic rings. The summed E-state index contributed by atoms with van der Waals surface area (Å²) in [6, 6.07) is 33.6. The van der Waals surface area contributed by atoms with Gasteiger partial charge in [0.1, 0.15) is 18.5 Å². The van der Waals surface area contributed by atoms with Crippen LogP contribution in [-0.2, 0) is 27.0 Å². The van der Waals surface area contributed by atoms with Crippen LogP contribution in [0.1, 0.15) is 51.2 Å². The van der Waals surface area contributed by atoms with Crippen molar-refractivity contribution in [2.45, 2.75) is 77.3 Å². The summed E-state index contributed by atoms with van der Waals surface area (Å²) in [6.07, 6.45) is 1.75. The molecule has 8 nitrogen and oxygen atoms in total. The van der Waals surface area contributed by atoms with Gasteiger partial charge in [0.2, 0.25) is 5.91 Å². The van der Waals surface area contributed by atoms with E-state index < -0.39 is 14.4 Å². The predicted octanol–water partition coefficient (Wildman–Crippen LogP) is 9.54. The second-order valence-corrected chi connectivity index (χ2v) is 19.6. The molecule has 2 N–H and O–H groups in total. The molecule has 0 saturated carbocycles. The molecule has 270 valence electrons. The summed E-state index contributed by atoms with van der Waals surface area (Å²) in [5.41, 5.74) is 5.34. The van der Waals surface area contributed by atoms with E-state index in [9.17, 15) is 9.59 Å². The number of hydrogen-bond acceptors (Lipinski definition) is 6. The fourth-order valence-corrected chi connectivity index (χ4v) is 6.68. The van der Waals surface area contributed by atoms with Gasteiger partial charge in [0.15, 0.2) is 8.32 Å². The van der Waals surface area contributed by atoms with Crippen LogP contribution < -0.4 is 15.4 Å². The molecule has 1 heterocycles. The second-order valence-electron chi connectivity index (χ2n) is 14.8. The molecular formula is C42H53N3O5Si. The van der Waals surface area contributed by atoms with Crippen LogP contribution in [-0.4, -0.2) is 57.6 Å². The minimum absolute atomic E-state index is 0.0701. The van der Waals surface area contributed by atoms with Crippen LogP contribution in [0.5, 0.6) is 5.75 Å². The number of piperidine rings is 1. The van der Waals surface area contributed by atoms with Crippen LogP contribution in [0.25, 0.3) is 11.1 Å². The van der Waals surface area contributed by atoms with Gasteiger partial charge < -0.3 is 19.2 Å². The molecule has 1 aliphatic heterocycles. The molecule has 1 fully saturated rings. The van der Waals surface area contributed by atoms with Gasteiger partial charge in [0.25, 0.3) is 0 Å². The molecule has 51 heavy (non-hydrogen) atoms. The van der Waals surface area contributed by atoms with Gasteiger partial charge in [-0.25, -0.2) is 4.79 Å². The summed E-state index contributed by atoms with van der Waals surface area (Å²) < 4.78 is 18.1. The lowest BCUT2D eigenvalue weighted by atomic mass is 9.99. The third-order valence-electron chi connectivity index (χ3n) is 9.92. The third-order valence-corrected chi connectivity index (χ3v) is 14.4. The largest absolute Gasteiger partial charge is 0.492 e. The molecular weight excluding hydrogens is 655 g/mol. The standard InChI is InChI=1S/C42H53N3O5Si/c1-42(2,3)51(4,5)49-31-33-16-20-35(21-17-33)43-40(46)23-19-32-18-22-38(34-12-8-6-9-13-34)39(30-32)44-41(47)50-37-24-26-45(27-25-37)28-29-48-36-14-10-7-11-15-36/h6-18,20-22,30,37H,19,23-29,31H2,1-5H3,(H,43,46)(H,44,47). The van der Waals surface area contributed by atoms with Crippen molar-refractivity contribution in [3.8, 4) is 16.9 Å². The van der Waals surface area contributed by atoms with E-state index in [1.54, 1.807) is 0 Å². The highest BCUT2D eigenvalue weighted by Crippen LogP contribution is 2.37. The van der Waals surface area contributed by atoms with E-state index in [-0.39, 0.29) is 17.0 Å². The zero-order valence-corrected chi connectivity index (χ0v) is 31.7. The van der Waals surface area contributed by atoms with Crippen molar-refractivity contribution in [2.75, 3.05) is 36.9 Å². The molecule has 0 radical (unpaired) electrons. The van der Waals surface area contributed by atoms with Crippen molar-refractivity contribution in [3.05, 3.63) is 114 Å². The Kier molecular flexibility index (Phi) is 13.1. The van der Waals surface area contributed by atoms with E-state index in [1.165, 1.54) is 0 Å². The number of likely N-dealkylation sites (tertiary alicyclic amines) is 1. The maximum absolute atomic E-state index is 13.2. The summed E-state index contributed by atoms with van der Waals surface area (Å²) in [5.74, 6) is 0.804. The molecule has 0 bridgehead atoms. The first-order valence-corrected chi connectivity index (χ1v) is 20.9. The minimum atomic E-state index is -1.84. The van der Waals surface area contributed by atoms with Crippen molar-refractivity contribution in [1.82, 2.24) is 4.90 Å². The minimum Gasteiger partial charge on any atom is -0.492 e. The van der Waals surface area contributed by atoms with E-state index in [0.29, 0.717) is 31.7 Å². The highest BCUT2D eigenvalue weighted by molar-refractivity contribution is 6.74. The SMILES string of the molecule is CC(C)(C)[Si](C)(C)OCc1ccc(NC(=O)CCc2ccc(-c3ccccc3)c(NC(=O)OC3CCN(CCOc4ccccc4)CC3)c2)cc1. The maximum Gasteiger partial charge on any atom is 0.411 e. The van der Waals surface area contributed by atoms with Crippen LogP contribution in [0.4, 0.5) is 16.2 Å². The molecule has 4 aromatic carbocycles. The van der Waals surface area contributed by atoms with Crippen LogP contribution >= 0.6 is 0 Å². The number of hydrogen-bond donors (Lipinski definition) is 2.